The lowest BCUT2D eigenvalue weighted by atomic mass is 10.1. The Bertz CT molecular complexity index is 1180. The van der Waals surface area contributed by atoms with E-state index in [4.69, 9.17) is 4.98 Å². The van der Waals surface area contributed by atoms with Gasteiger partial charge < -0.3 is 4.90 Å². The molecule has 0 saturated carbocycles. The number of anilines is 1. The Morgan fingerprint density at radius 3 is 2.39 bits per heavy atom. The van der Waals surface area contributed by atoms with Gasteiger partial charge in [0, 0.05) is 37.1 Å². The number of hydrogen-bond donors (Lipinski definition) is 0. The van der Waals surface area contributed by atoms with Crippen molar-refractivity contribution in [2.24, 2.45) is 0 Å². The maximum Gasteiger partial charge on any atom is 0.416 e. The summed E-state index contributed by atoms with van der Waals surface area (Å²) in [5.74, 6) is 0. The van der Waals surface area contributed by atoms with E-state index >= 15 is 0 Å². The van der Waals surface area contributed by atoms with Crippen molar-refractivity contribution in [2.75, 3.05) is 31.1 Å². The molecule has 1 aliphatic rings. The van der Waals surface area contributed by atoms with Crippen LogP contribution >= 0.6 is 11.3 Å². The van der Waals surface area contributed by atoms with Gasteiger partial charge in [-0.15, -0.1) is 11.3 Å². The highest BCUT2D eigenvalue weighted by Crippen LogP contribution is 2.32. The van der Waals surface area contributed by atoms with E-state index in [1.807, 2.05) is 41.5 Å². The van der Waals surface area contributed by atoms with E-state index in [9.17, 15) is 21.6 Å². The van der Waals surface area contributed by atoms with E-state index in [2.05, 4.69) is 0 Å². The highest BCUT2D eigenvalue weighted by atomic mass is 32.2. The van der Waals surface area contributed by atoms with Crippen molar-refractivity contribution in [3.05, 3.63) is 65.0 Å². The van der Waals surface area contributed by atoms with Gasteiger partial charge in [-0.1, -0.05) is 30.3 Å². The van der Waals surface area contributed by atoms with Crippen LogP contribution in [0.25, 0.3) is 11.3 Å². The number of halogens is 3. The number of nitrogens with zero attached hydrogens (tertiary/aromatic N) is 3. The molecular formula is C21H20F3N3O2S2. The van der Waals surface area contributed by atoms with Crippen LogP contribution < -0.4 is 4.90 Å². The average molecular weight is 468 g/mol. The molecule has 0 aliphatic carbocycles. The molecule has 0 N–H and O–H groups in total. The van der Waals surface area contributed by atoms with Gasteiger partial charge in [-0.3, -0.25) is 0 Å². The van der Waals surface area contributed by atoms with Gasteiger partial charge in [-0.25, -0.2) is 13.4 Å². The van der Waals surface area contributed by atoms with Crippen molar-refractivity contribution in [2.45, 2.75) is 18.0 Å². The first-order chi connectivity index (χ1) is 14.7. The minimum atomic E-state index is -4.59. The fraction of sp³-hybridized carbons (Fsp3) is 0.286. The monoisotopic (exact) mass is 467 g/mol. The summed E-state index contributed by atoms with van der Waals surface area (Å²) in [5.41, 5.74) is 2.07. The third-order valence-electron chi connectivity index (χ3n) is 5.22. The van der Waals surface area contributed by atoms with Crippen molar-refractivity contribution in [3.8, 4) is 11.3 Å². The molecule has 1 aromatic heterocycles. The Kier molecular flexibility index (Phi) is 5.80. The number of piperazine rings is 1. The number of aryl methyl sites for hydroxylation is 1. The van der Waals surface area contributed by atoms with Gasteiger partial charge in [-0.2, -0.15) is 17.5 Å². The topological polar surface area (TPSA) is 53.5 Å². The summed E-state index contributed by atoms with van der Waals surface area (Å²) in [6.45, 7) is 3.21. The molecule has 5 nitrogen and oxygen atoms in total. The molecule has 1 fully saturated rings. The number of benzene rings is 2. The fourth-order valence-electron chi connectivity index (χ4n) is 3.50. The molecule has 0 amide bonds. The predicted molar refractivity (Wildman–Crippen MR) is 115 cm³/mol. The molecule has 0 atom stereocenters. The van der Waals surface area contributed by atoms with Crippen LogP contribution in [0.15, 0.2) is 58.8 Å². The predicted octanol–water partition coefficient (Wildman–Crippen LogP) is 4.65. The largest absolute Gasteiger partial charge is 0.416 e. The van der Waals surface area contributed by atoms with Crippen LogP contribution in [0.4, 0.5) is 18.3 Å². The molecule has 2 aromatic carbocycles. The van der Waals surface area contributed by atoms with E-state index in [1.54, 1.807) is 0 Å². The Labute approximate surface area is 182 Å². The van der Waals surface area contributed by atoms with Gasteiger partial charge in [0.05, 0.1) is 16.2 Å². The molecule has 10 heteroatoms. The zero-order valence-electron chi connectivity index (χ0n) is 16.6. The van der Waals surface area contributed by atoms with Gasteiger partial charge in [-0.05, 0) is 30.7 Å². The molecule has 3 aromatic rings. The highest BCUT2D eigenvalue weighted by Gasteiger charge is 2.34. The second kappa shape index (κ2) is 8.25. The number of alkyl halides is 3. The van der Waals surface area contributed by atoms with Gasteiger partial charge in [0.25, 0.3) is 0 Å². The van der Waals surface area contributed by atoms with Crippen LogP contribution in [-0.2, 0) is 16.2 Å². The molecule has 1 aliphatic heterocycles. The first kappa shape index (κ1) is 21.8. The van der Waals surface area contributed by atoms with Gasteiger partial charge in [0.15, 0.2) is 5.13 Å². The lowest BCUT2D eigenvalue weighted by Crippen LogP contribution is -2.48. The second-order valence-electron chi connectivity index (χ2n) is 7.25. The van der Waals surface area contributed by atoms with E-state index in [-0.39, 0.29) is 18.0 Å². The molecule has 164 valence electrons. The number of thiazole rings is 1. The first-order valence-electron chi connectivity index (χ1n) is 9.60. The van der Waals surface area contributed by atoms with Crippen LogP contribution in [0.5, 0.6) is 0 Å². The number of aromatic nitrogens is 1. The average Bonchev–Trinajstić information content (AvgIpc) is 3.24. The SMILES string of the molecule is Cc1ccccc1-c1csc(N2CCN(S(=O)(=O)c3cccc(C(F)(F)F)c3)CC2)n1. The molecule has 2 heterocycles. The third kappa shape index (κ3) is 4.46. The molecule has 0 spiro atoms. The number of sulfonamides is 1. The summed E-state index contributed by atoms with van der Waals surface area (Å²) >= 11 is 1.49. The van der Waals surface area contributed by atoms with Crippen LogP contribution in [0, 0.1) is 6.92 Å². The summed E-state index contributed by atoms with van der Waals surface area (Å²) in [4.78, 5) is 6.36. The summed E-state index contributed by atoms with van der Waals surface area (Å²) in [6.07, 6.45) is -4.59. The number of rotatable bonds is 4. The molecule has 4 rings (SSSR count). The fourth-order valence-corrected chi connectivity index (χ4v) is 5.84. The zero-order valence-corrected chi connectivity index (χ0v) is 18.3. The Balaban J connectivity index is 1.47. The van der Waals surface area contributed by atoms with Crippen molar-refractivity contribution < 1.29 is 21.6 Å². The molecule has 0 unspecified atom stereocenters. The summed E-state index contributed by atoms with van der Waals surface area (Å²) < 4.78 is 65.9. The highest BCUT2D eigenvalue weighted by molar-refractivity contribution is 7.89. The van der Waals surface area contributed by atoms with Crippen LogP contribution in [0.2, 0.25) is 0 Å². The zero-order chi connectivity index (χ0) is 22.2. The molecule has 0 bridgehead atoms. The van der Waals surface area contributed by atoms with Crippen molar-refractivity contribution in [1.82, 2.24) is 9.29 Å². The second-order valence-corrected chi connectivity index (χ2v) is 10.0. The van der Waals surface area contributed by atoms with Crippen LogP contribution in [0.3, 0.4) is 0 Å². The van der Waals surface area contributed by atoms with E-state index in [1.165, 1.54) is 21.7 Å². The Morgan fingerprint density at radius 1 is 1.00 bits per heavy atom. The molecule has 0 radical (unpaired) electrons. The van der Waals surface area contributed by atoms with Gasteiger partial charge in [0.1, 0.15) is 0 Å². The first-order valence-corrected chi connectivity index (χ1v) is 11.9. The maximum atomic E-state index is 13.0. The van der Waals surface area contributed by atoms with Crippen molar-refractivity contribution in [1.29, 1.82) is 0 Å². The lowest BCUT2D eigenvalue weighted by Gasteiger charge is -2.33. The summed E-state index contributed by atoms with van der Waals surface area (Å²) in [6, 6.07) is 11.8. The minimum Gasteiger partial charge on any atom is -0.345 e. The quantitative estimate of drug-likeness (QED) is 0.561. The smallest absolute Gasteiger partial charge is 0.345 e. The standard InChI is InChI=1S/C21H20F3N3O2S2/c1-15-5-2-3-8-18(15)19-14-30-20(25-19)26-9-11-27(12-10-26)31(28,29)17-7-4-6-16(13-17)21(22,23)24/h2-8,13-14H,9-12H2,1H3. The maximum absolute atomic E-state index is 13.0. The number of hydrogen-bond acceptors (Lipinski definition) is 5. The van der Waals surface area contributed by atoms with Crippen LogP contribution in [-0.4, -0.2) is 43.9 Å². The minimum absolute atomic E-state index is 0.178. The molecule has 1 saturated heterocycles. The lowest BCUT2D eigenvalue weighted by molar-refractivity contribution is -0.137. The summed E-state index contributed by atoms with van der Waals surface area (Å²) in [5, 5.41) is 2.78. The van der Waals surface area contributed by atoms with E-state index < -0.39 is 21.8 Å². The Hall–Kier alpha value is -2.43. The van der Waals surface area contributed by atoms with Crippen LogP contribution in [0.1, 0.15) is 11.1 Å². The van der Waals surface area contributed by atoms with Gasteiger partial charge in [0.2, 0.25) is 10.0 Å². The molecule has 31 heavy (non-hydrogen) atoms. The van der Waals surface area contributed by atoms with Crippen molar-refractivity contribution in [3.63, 3.8) is 0 Å². The van der Waals surface area contributed by atoms with E-state index in [0.717, 1.165) is 34.1 Å². The van der Waals surface area contributed by atoms with E-state index in [0.29, 0.717) is 19.2 Å². The van der Waals surface area contributed by atoms with Gasteiger partial charge >= 0.3 is 6.18 Å². The third-order valence-corrected chi connectivity index (χ3v) is 8.02. The normalized spacial score (nSPS) is 15.9. The Morgan fingerprint density at radius 2 is 1.71 bits per heavy atom. The summed E-state index contributed by atoms with van der Waals surface area (Å²) in [7, 11) is -4.00. The van der Waals surface area contributed by atoms with Crippen molar-refractivity contribution >= 4 is 26.5 Å². The molecular weight excluding hydrogens is 447 g/mol.